The van der Waals surface area contributed by atoms with Crippen LogP contribution in [0.3, 0.4) is 0 Å². The normalized spacial score (nSPS) is 16.1. The molecule has 0 bridgehead atoms. The molecule has 0 saturated heterocycles. The highest BCUT2D eigenvalue weighted by molar-refractivity contribution is 6.22. The van der Waals surface area contributed by atoms with E-state index < -0.39 is 35.2 Å². The van der Waals surface area contributed by atoms with Gasteiger partial charge in [0.15, 0.2) is 0 Å². The average molecular weight is 275 g/mol. The summed E-state index contributed by atoms with van der Waals surface area (Å²) in [6.45, 7) is 7.91. The van der Waals surface area contributed by atoms with E-state index in [1.165, 1.54) is 20.8 Å². The Balaban J connectivity index is 5.21. The van der Waals surface area contributed by atoms with Crippen molar-refractivity contribution in [3.8, 4) is 0 Å². The number of carbonyl (C=O) groups excluding carboxylic acids is 2. The Morgan fingerprint density at radius 3 is 2.00 bits per heavy atom. The number of nitrogens with two attached hydrogens (primary N) is 1. The van der Waals surface area contributed by atoms with Crippen molar-refractivity contribution in [3.05, 3.63) is 0 Å². The number of rotatable bonds is 5. The molecule has 0 saturated carbocycles. The molecule has 0 spiro atoms. The summed E-state index contributed by atoms with van der Waals surface area (Å²) in [5.74, 6) is -4.49. The third-order valence-corrected chi connectivity index (χ3v) is 2.26. The second-order valence-electron chi connectivity index (χ2n) is 5.24. The number of aliphatic carboxylic acids is 1. The van der Waals surface area contributed by atoms with Crippen molar-refractivity contribution in [2.24, 2.45) is 5.73 Å². The minimum atomic E-state index is -2.85. The van der Waals surface area contributed by atoms with Gasteiger partial charge in [0.2, 0.25) is 0 Å². The summed E-state index contributed by atoms with van der Waals surface area (Å²) in [6.07, 6.45) is -0.0762. The van der Waals surface area contributed by atoms with Gasteiger partial charge < -0.3 is 14.6 Å². The molecule has 0 aliphatic carbocycles. The largest absolute Gasteiger partial charge is 0.479 e. The lowest BCUT2D eigenvalue weighted by Gasteiger charge is -2.27. The molecule has 3 N–H and O–H groups in total. The Kier molecular flexibility index (Phi) is 5.49. The molecule has 0 aromatic carbocycles. The van der Waals surface area contributed by atoms with Gasteiger partial charge in [-0.05, 0) is 34.1 Å². The quantitative estimate of drug-likeness (QED) is 0.552. The van der Waals surface area contributed by atoms with Gasteiger partial charge in [0, 0.05) is 0 Å². The lowest BCUT2D eigenvalue weighted by atomic mass is 10.0. The Hall–Kier alpha value is -1.63. The molecular formula is C12H21NO6. The van der Waals surface area contributed by atoms with Crippen molar-refractivity contribution in [1.29, 1.82) is 0 Å². The van der Waals surface area contributed by atoms with Crippen LogP contribution in [0.4, 0.5) is 0 Å². The molecule has 0 rings (SSSR count). The van der Waals surface area contributed by atoms with E-state index in [1.807, 2.05) is 0 Å². The van der Waals surface area contributed by atoms with E-state index in [1.54, 1.807) is 13.8 Å². The SMILES string of the molecule is CCC(C)OC(=O)C(N)(C(=O)O)C(=O)OC(C)(C)C. The van der Waals surface area contributed by atoms with Crippen LogP contribution in [0.2, 0.25) is 0 Å². The first kappa shape index (κ1) is 17.4. The number of carbonyl (C=O) groups is 3. The van der Waals surface area contributed by atoms with Crippen molar-refractivity contribution in [2.45, 2.75) is 58.3 Å². The summed E-state index contributed by atoms with van der Waals surface area (Å²) in [7, 11) is 0. The predicted molar refractivity (Wildman–Crippen MR) is 66.2 cm³/mol. The minimum absolute atomic E-state index is 0.468. The lowest BCUT2D eigenvalue weighted by Crippen LogP contribution is -2.63. The first-order chi connectivity index (χ1) is 8.45. The second-order valence-corrected chi connectivity index (χ2v) is 5.24. The van der Waals surface area contributed by atoms with Crippen molar-refractivity contribution < 1.29 is 29.0 Å². The molecule has 0 radical (unpaired) electrons. The maximum Gasteiger partial charge on any atom is 0.350 e. The van der Waals surface area contributed by atoms with Crippen molar-refractivity contribution in [2.75, 3.05) is 0 Å². The van der Waals surface area contributed by atoms with Gasteiger partial charge in [0.1, 0.15) is 5.60 Å². The number of esters is 2. The Bertz CT molecular complexity index is 373. The molecule has 0 aliphatic heterocycles. The van der Waals surface area contributed by atoms with Crippen LogP contribution in [0.5, 0.6) is 0 Å². The molecule has 0 heterocycles. The molecule has 0 amide bonds. The highest BCUT2D eigenvalue weighted by atomic mass is 16.6. The summed E-state index contributed by atoms with van der Waals surface area (Å²) in [5.41, 5.74) is 1.57. The zero-order chi connectivity index (χ0) is 15.4. The van der Waals surface area contributed by atoms with Crippen molar-refractivity contribution in [3.63, 3.8) is 0 Å². The van der Waals surface area contributed by atoms with Crippen LogP contribution in [-0.2, 0) is 23.9 Å². The van der Waals surface area contributed by atoms with Crippen LogP contribution < -0.4 is 5.73 Å². The first-order valence-corrected chi connectivity index (χ1v) is 5.92. The molecule has 110 valence electrons. The Morgan fingerprint density at radius 1 is 1.21 bits per heavy atom. The van der Waals surface area contributed by atoms with Crippen LogP contribution in [0.15, 0.2) is 0 Å². The summed E-state index contributed by atoms with van der Waals surface area (Å²) >= 11 is 0. The van der Waals surface area contributed by atoms with Gasteiger partial charge >= 0.3 is 23.4 Å². The maximum atomic E-state index is 11.8. The number of hydrogen-bond acceptors (Lipinski definition) is 6. The molecule has 0 fully saturated rings. The second kappa shape index (κ2) is 6.01. The molecule has 2 atom stereocenters. The topological polar surface area (TPSA) is 116 Å². The number of ether oxygens (including phenoxy) is 2. The highest BCUT2D eigenvalue weighted by Crippen LogP contribution is 2.16. The van der Waals surface area contributed by atoms with Crippen molar-refractivity contribution >= 4 is 17.9 Å². The van der Waals surface area contributed by atoms with Gasteiger partial charge in [-0.25, -0.2) is 14.4 Å². The highest BCUT2D eigenvalue weighted by Gasteiger charge is 2.54. The standard InChI is InChI=1S/C12H21NO6/c1-6-7(2)18-9(16)12(13,8(14)15)10(17)19-11(3,4)5/h7H,6,13H2,1-5H3,(H,14,15). The lowest BCUT2D eigenvalue weighted by molar-refractivity contribution is -0.179. The van der Waals surface area contributed by atoms with Crippen LogP contribution in [0.25, 0.3) is 0 Å². The number of carboxylic acids is 1. The third kappa shape index (κ3) is 4.51. The molecular weight excluding hydrogens is 254 g/mol. The van der Waals surface area contributed by atoms with Crippen molar-refractivity contribution in [1.82, 2.24) is 0 Å². The Labute approximate surface area is 112 Å². The predicted octanol–water partition coefficient (Wildman–Crippen LogP) is 0.452. The van der Waals surface area contributed by atoms with E-state index in [0.29, 0.717) is 6.42 Å². The monoisotopic (exact) mass is 275 g/mol. The van der Waals surface area contributed by atoms with Crippen LogP contribution >= 0.6 is 0 Å². The molecule has 7 nitrogen and oxygen atoms in total. The number of carboxylic acid groups (broad SMARTS) is 1. The van der Waals surface area contributed by atoms with E-state index in [0.717, 1.165) is 0 Å². The molecule has 7 heteroatoms. The van der Waals surface area contributed by atoms with Gasteiger partial charge in [-0.1, -0.05) is 6.92 Å². The summed E-state index contributed by atoms with van der Waals surface area (Å²) < 4.78 is 9.67. The van der Waals surface area contributed by atoms with Crippen LogP contribution in [-0.4, -0.2) is 40.3 Å². The molecule has 2 unspecified atom stereocenters. The molecule has 19 heavy (non-hydrogen) atoms. The average Bonchev–Trinajstić information content (AvgIpc) is 2.24. The van der Waals surface area contributed by atoms with Gasteiger partial charge in [0.05, 0.1) is 6.10 Å². The van der Waals surface area contributed by atoms with Crippen LogP contribution in [0.1, 0.15) is 41.0 Å². The van der Waals surface area contributed by atoms with E-state index in [4.69, 9.17) is 20.3 Å². The van der Waals surface area contributed by atoms with Gasteiger partial charge in [-0.2, -0.15) is 0 Å². The summed E-state index contributed by atoms with van der Waals surface area (Å²) in [4.78, 5) is 34.7. The van der Waals surface area contributed by atoms with E-state index in [2.05, 4.69) is 0 Å². The smallest absolute Gasteiger partial charge is 0.350 e. The van der Waals surface area contributed by atoms with E-state index in [-0.39, 0.29) is 0 Å². The Morgan fingerprint density at radius 2 is 1.68 bits per heavy atom. The fourth-order valence-electron chi connectivity index (χ4n) is 0.976. The summed E-state index contributed by atoms with van der Waals surface area (Å²) in [5, 5.41) is 9.03. The maximum absolute atomic E-state index is 11.8. The first-order valence-electron chi connectivity index (χ1n) is 5.92. The molecule has 0 aromatic rings. The zero-order valence-electron chi connectivity index (χ0n) is 11.9. The van der Waals surface area contributed by atoms with Crippen LogP contribution in [0, 0.1) is 0 Å². The van der Waals surface area contributed by atoms with Gasteiger partial charge in [0.25, 0.3) is 0 Å². The summed E-state index contributed by atoms with van der Waals surface area (Å²) in [6, 6.07) is 0. The molecule has 0 aromatic heterocycles. The number of hydrogen-bond donors (Lipinski definition) is 2. The van der Waals surface area contributed by atoms with E-state index in [9.17, 15) is 14.4 Å². The zero-order valence-corrected chi connectivity index (χ0v) is 11.9. The van der Waals surface area contributed by atoms with Gasteiger partial charge in [-0.3, -0.25) is 5.73 Å². The minimum Gasteiger partial charge on any atom is -0.479 e. The van der Waals surface area contributed by atoms with Gasteiger partial charge in [-0.15, -0.1) is 0 Å². The fraction of sp³-hybridized carbons (Fsp3) is 0.750. The third-order valence-electron chi connectivity index (χ3n) is 2.26. The molecule has 0 aliphatic rings. The van der Waals surface area contributed by atoms with E-state index >= 15 is 0 Å². The fourth-order valence-corrected chi connectivity index (χ4v) is 0.976.